The van der Waals surface area contributed by atoms with Crippen LogP contribution < -0.4 is 9.62 Å². The molecule has 0 aliphatic rings. The monoisotopic (exact) mass is 617 g/mol. The highest BCUT2D eigenvalue weighted by Gasteiger charge is 2.34. The van der Waals surface area contributed by atoms with Crippen LogP contribution in [0.2, 0.25) is 10.0 Å². The molecule has 3 aromatic carbocycles. The fourth-order valence-corrected chi connectivity index (χ4v) is 6.61. The first kappa shape index (κ1) is 32.4. The Hall–Kier alpha value is -3.07. The van der Waals surface area contributed by atoms with E-state index in [0.717, 1.165) is 22.7 Å². The Labute approximate surface area is 253 Å². The van der Waals surface area contributed by atoms with Gasteiger partial charge in [0.15, 0.2) is 0 Å². The van der Waals surface area contributed by atoms with Crippen LogP contribution in [0.4, 0.5) is 5.69 Å². The number of carbonyl (C=O) groups is 2. The van der Waals surface area contributed by atoms with Crippen LogP contribution in [0.1, 0.15) is 49.8 Å². The zero-order valence-corrected chi connectivity index (χ0v) is 26.2. The van der Waals surface area contributed by atoms with E-state index in [1.165, 1.54) is 17.0 Å². The third-order valence-electron chi connectivity index (χ3n) is 6.84. The van der Waals surface area contributed by atoms with Gasteiger partial charge in [0.1, 0.15) is 12.6 Å². The molecule has 0 aliphatic carbocycles. The predicted molar refractivity (Wildman–Crippen MR) is 166 cm³/mol. The van der Waals surface area contributed by atoms with E-state index in [0.29, 0.717) is 39.8 Å². The van der Waals surface area contributed by atoms with Gasteiger partial charge in [0.2, 0.25) is 11.8 Å². The number of rotatable bonds is 13. The SMILES string of the molecule is CCCCNC(=O)[C@@H](CC)N(Cc1c(Cl)cccc1Cl)C(=O)CN(c1ccc(C)cc1C)S(=O)(=O)c1ccccc1. The van der Waals surface area contributed by atoms with Crippen molar-refractivity contribution in [1.82, 2.24) is 10.2 Å². The number of nitrogens with one attached hydrogen (secondary N) is 1. The number of halogens is 2. The molecule has 0 saturated carbocycles. The lowest BCUT2D eigenvalue weighted by Crippen LogP contribution is -2.52. The van der Waals surface area contributed by atoms with Crippen LogP contribution >= 0.6 is 23.2 Å². The summed E-state index contributed by atoms with van der Waals surface area (Å²) < 4.78 is 29.1. The number of anilines is 1. The molecule has 2 amide bonds. The molecule has 0 heterocycles. The highest BCUT2D eigenvalue weighted by atomic mass is 35.5. The lowest BCUT2D eigenvalue weighted by atomic mass is 10.1. The molecule has 7 nitrogen and oxygen atoms in total. The van der Waals surface area contributed by atoms with Crippen LogP contribution in [0.5, 0.6) is 0 Å². The van der Waals surface area contributed by atoms with Crippen molar-refractivity contribution in [1.29, 1.82) is 0 Å². The fourth-order valence-electron chi connectivity index (χ4n) is 4.60. The average Bonchev–Trinajstić information content (AvgIpc) is 2.94. The number of amides is 2. The molecule has 0 radical (unpaired) electrons. The van der Waals surface area contributed by atoms with Gasteiger partial charge in [-0.2, -0.15) is 0 Å². The average molecular weight is 619 g/mol. The standard InChI is InChI=1S/C31H37Cl2N3O4S/c1-5-7-18-34-31(38)28(6-2)35(20-25-26(32)14-11-15-27(25)33)30(37)21-36(29-17-16-22(3)19-23(29)4)41(39,40)24-12-9-8-10-13-24/h8-17,19,28H,5-7,18,20-21H2,1-4H3,(H,34,38)/t28-/m1/s1. The van der Waals surface area contributed by atoms with E-state index in [-0.39, 0.29) is 17.3 Å². The van der Waals surface area contributed by atoms with Crippen LogP contribution in [-0.4, -0.2) is 44.3 Å². The van der Waals surface area contributed by atoms with Crippen LogP contribution in [0.25, 0.3) is 0 Å². The third kappa shape index (κ3) is 8.03. The molecule has 0 aliphatic heterocycles. The zero-order valence-electron chi connectivity index (χ0n) is 23.9. The number of nitrogens with zero attached hydrogens (tertiary/aromatic N) is 2. The maximum atomic E-state index is 14.2. The van der Waals surface area contributed by atoms with Gasteiger partial charge in [0, 0.05) is 28.7 Å². The Morgan fingerprint density at radius 2 is 1.59 bits per heavy atom. The summed E-state index contributed by atoms with van der Waals surface area (Å²) in [5.41, 5.74) is 2.51. The Kier molecular flexibility index (Phi) is 11.6. The van der Waals surface area contributed by atoms with Gasteiger partial charge in [0.05, 0.1) is 10.6 Å². The van der Waals surface area contributed by atoms with Crippen LogP contribution in [0.3, 0.4) is 0 Å². The number of hydrogen-bond donors (Lipinski definition) is 1. The van der Waals surface area contributed by atoms with Gasteiger partial charge in [-0.15, -0.1) is 0 Å². The van der Waals surface area contributed by atoms with Crippen molar-refractivity contribution in [2.24, 2.45) is 0 Å². The van der Waals surface area contributed by atoms with Gasteiger partial charge in [-0.25, -0.2) is 8.42 Å². The number of unbranched alkanes of at least 4 members (excludes halogenated alkanes) is 1. The number of benzene rings is 3. The largest absolute Gasteiger partial charge is 0.354 e. The molecule has 0 fully saturated rings. The Morgan fingerprint density at radius 3 is 2.17 bits per heavy atom. The summed E-state index contributed by atoms with van der Waals surface area (Å²) in [6.45, 7) is 7.42. The minimum absolute atomic E-state index is 0.0535. The topological polar surface area (TPSA) is 86.8 Å². The first-order valence-electron chi connectivity index (χ1n) is 13.7. The molecule has 0 unspecified atom stereocenters. The van der Waals surface area contributed by atoms with E-state index >= 15 is 0 Å². The lowest BCUT2D eigenvalue weighted by molar-refractivity contribution is -0.140. The predicted octanol–water partition coefficient (Wildman–Crippen LogP) is 6.53. The van der Waals surface area contributed by atoms with Crippen molar-refractivity contribution in [3.8, 4) is 0 Å². The molecule has 1 atom stereocenters. The van der Waals surface area contributed by atoms with Crippen molar-refractivity contribution in [3.05, 3.63) is 93.5 Å². The lowest BCUT2D eigenvalue weighted by Gasteiger charge is -2.34. The molecule has 41 heavy (non-hydrogen) atoms. The van der Waals surface area contributed by atoms with E-state index in [1.807, 2.05) is 19.9 Å². The summed E-state index contributed by atoms with van der Waals surface area (Å²) in [5.74, 6) is -0.876. The maximum Gasteiger partial charge on any atom is 0.264 e. The molecule has 3 aromatic rings. The van der Waals surface area contributed by atoms with Gasteiger partial charge in [0.25, 0.3) is 10.0 Å². The highest BCUT2D eigenvalue weighted by Crippen LogP contribution is 2.30. The second-order valence-electron chi connectivity index (χ2n) is 9.91. The van der Waals surface area contributed by atoms with Crippen LogP contribution in [-0.2, 0) is 26.2 Å². The summed E-state index contributed by atoms with van der Waals surface area (Å²) in [7, 11) is -4.14. The molecule has 10 heteroatoms. The highest BCUT2D eigenvalue weighted by molar-refractivity contribution is 7.92. The van der Waals surface area contributed by atoms with Crippen molar-refractivity contribution in [2.45, 2.75) is 64.4 Å². The van der Waals surface area contributed by atoms with Gasteiger partial charge in [-0.1, -0.05) is 85.4 Å². The Morgan fingerprint density at radius 1 is 0.927 bits per heavy atom. The van der Waals surface area contributed by atoms with E-state index < -0.39 is 28.5 Å². The summed E-state index contributed by atoms with van der Waals surface area (Å²) in [6.07, 6.45) is 2.00. The van der Waals surface area contributed by atoms with E-state index in [1.54, 1.807) is 62.4 Å². The molecule has 0 bridgehead atoms. The van der Waals surface area contributed by atoms with E-state index in [4.69, 9.17) is 23.2 Å². The van der Waals surface area contributed by atoms with Crippen LogP contribution in [0.15, 0.2) is 71.6 Å². The van der Waals surface area contributed by atoms with Gasteiger partial charge >= 0.3 is 0 Å². The van der Waals surface area contributed by atoms with Gasteiger partial charge in [-0.05, 0) is 62.6 Å². The first-order valence-corrected chi connectivity index (χ1v) is 15.9. The molecule has 0 aromatic heterocycles. The van der Waals surface area contributed by atoms with Gasteiger partial charge < -0.3 is 10.2 Å². The van der Waals surface area contributed by atoms with E-state index in [9.17, 15) is 18.0 Å². The second-order valence-corrected chi connectivity index (χ2v) is 12.6. The summed E-state index contributed by atoms with van der Waals surface area (Å²) in [5, 5.41) is 3.60. The normalized spacial score (nSPS) is 12.0. The number of carbonyl (C=O) groups excluding carboxylic acids is 2. The molecular formula is C31H37Cl2N3O4S. The molecule has 220 valence electrons. The van der Waals surface area contributed by atoms with Crippen molar-refractivity contribution in [2.75, 3.05) is 17.4 Å². The smallest absolute Gasteiger partial charge is 0.264 e. The van der Waals surface area contributed by atoms with Crippen molar-refractivity contribution < 1.29 is 18.0 Å². The zero-order chi connectivity index (χ0) is 30.2. The Bertz CT molecular complexity index is 1450. The first-order chi connectivity index (χ1) is 19.5. The van der Waals surface area contributed by atoms with Crippen molar-refractivity contribution in [3.63, 3.8) is 0 Å². The fraction of sp³-hybridized carbons (Fsp3) is 0.355. The van der Waals surface area contributed by atoms with Crippen LogP contribution in [0, 0.1) is 13.8 Å². The van der Waals surface area contributed by atoms with E-state index in [2.05, 4.69) is 5.32 Å². The Balaban J connectivity index is 2.10. The molecule has 0 saturated heterocycles. The molecular weight excluding hydrogens is 581 g/mol. The molecule has 0 spiro atoms. The minimum atomic E-state index is -4.14. The third-order valence-corrected chi connectivity index (χ3v) is 9.32. The maximum absolute atomic E-state index is 14.2. The second kappa shape index (κ2) is 14.7. The minimum Gasteiger partial charge on any atom is -0.354 e. The number of hydrogen-bond acceptors (Lipinski definition) is 4. The summed E-state index contributed by atoms with van der Waals surface area (Å²) in [4.78, 5) is 29.0. The quantitative estimate of drug-likeness (QED) is 0.221. The number of aryl methyl sites for hydroxylation is 2. The number of sulfonamides is 1. The molecule has 3 rings (SSSR count). The van der Waals surface area contributed by atoms with Crippen molar-refractivity contribution >= 4 is 50.7 Å². The summed E-state index contributed by atoms with van der Waals surface area (Å²) >= 11 is 12.9. The molecule has 1 N–H and O–H groups in total. The van der Waals surface area contributed by atoms with Gasteiger partial charge in [-0.3, -0.25) is 13.9 Å². The summed E-state index contributed by atoms with van der Waals surface area (Å²) in [6, 6.07) is 17.5.